The summed E-state index contributed by atoms with van der Waals surface area (Å²) in [6.07, 6.45) is 0.168. The van der Waals surface area contributed by atoms with E-state index in [1.54, 1.807) is 24.3 Å². The van der Waals surface area contributed by atoms with Gasteiger partial charge in [-0.05, 0) is 35.9 Å². The molecule has 1 N–H and O–H groups in total. The lowest BCUT2D eigenvalue weighted by Crippen LogP contribution is -2.43. The molecule has 0 atom stereocenters. The van der Waals surface area contributed by atoms with Crippen LogP contribution in [-0.4, -0.2) is 42.1 Å². The number of piperidine rings is 1. The fourth-order valence-corrected chi connectivity index (χ4v) is 3.25. The van der Waals surface area contributed by atoms with Crippen LogP contribution in [0.4, 0.5) is 8.78 Å². The van der Waals surface area contributed by atoms with Crippen molar-refractivity contribution in [3.05, 3.63) is 65.0 Å². The van der Waals surface area contributed by atoms with Crippen LogP contribution in [0.15, 0.2) is 42.5 Å². The van der Waals surface area contributed by atoms with Crippen LogP contribution in [0.5, 0.6) is 5.75 Å². The lowest BCUT2D eigenvalue weighted by atomic mass is 9.86. The van der Waals surface area contributed by atoms with Crippen LogP contribution < -0.4 is 4.74 Å². The number of aromatic carboxylic acids is 1. The lowest BCUT2D eigenvalue weighted by Gasteiger charge is -2.37. The van der Waals surface area contributed by atoms with E-state index in [0.29, 0.717) is 11.3 Å². The third-order valence-corrected chi connectivity index (χ3v) is 4.88. The molecular weight excluding hydrogens is 356 g/mol. The Morgan fingerprint density at radius 3 is 2.44 bits per heavy atom. The number of carbonyl (C=O) groups excluding carboxylic acids is 1. The number of likely N-dealkylation sites (tertiary alicyclic amines) is 1. The number of methoxy groups -OCH3 is 1. The number of nitrogens with zero attached hydrogens (tertiary/aromatic N) is 1. The summed E-state index contributed by atoms with van der Waals surface area (Å²) in [6, 6.07) is 9.92. The maximum absolute atomic E-state index is 15.3. The molecule has 7 heteroatoms. The molecule has 0 radical (unpaired) electrons. The molecule has 142 valence electrons. The zero-order chi connectivity index (χ0) is 19.6. The van der Waals surface area contributed by atoms with E-state index in [9.17, 15) is 14.0 Å². The van der Waals surface area contributed by atoms with Gasteiger partial charge in [0, 0.05) is 25.9 Å². The van der Waals surface area contributed by atoms with Gasteiger partial charge < -0.3 is 14.7 Å². The normalized spacial score (nSPS) is 16.0. The Kier molecular flexibility index (Phi) is 5.12. The van der Waals surface area contributed by atoms with Crippen LogP contribution in [0, 0.1) is 5.82 Å². The van der Waals surface area contributed by atoms with Crippen molar-refractivity contribution in [1.82, 2.24) is 4.90 Å². The monoisotopic (exact) mass is 375 g/mol. The van der Waals surface area contributed by atoms with Crippen molar-refractivity contribution in [2.24, 2.45) is 0 Å². The summed E-state index contributed by atoms with van der Waals surface area (Å²) in [6.45, 7) is 0.263. The second-order valence-electron chi connectivity index (χ2n) is 6.49. The van der Waals surface area contributed by atoms with E-state index in [1.807, 2.05) is 0 Å². The van der Waals surface area contributed by atoms with Crippen molar-refractivity contribution < 1.29 is 28.2 Å². The number of carbonyl (C=O) groups is 2. The van der Waals surface area contributed by atoms with Crippen LogP contribution in [0.3, 0.4) is 0 Å². The highest BCUT2D eigenvalue weighted by molar-refractivity contribution is 5.96. The summed E-state index contributed by atoms with van der Waals surface area (Å²) in [4.78, 5) is 24.8. The highest BCUT2D eigenvalue weighted by atomic mass is 19.1. The number of benzene rings is 2. The zero-order valence-corrected chi connectivity index (χ0v) is 14.7. The molecule has 2 aromatic carbocycles. The molecule has 3 rings (SSSR count). The van der Waals surface area contributed by atoms with Gasteiger partial charge in [0.15, 0.2) is 0 Å². The molecule has 2 aromatic rings. The third kappa shape index (κ3) is 3.77. The van der Waals surface area contributed by atoms with E-state index in [1.165, 1.54) is 18.1 Å². The van der Waals surface area contributed by atoms with Crippen molar-refractivity contribution in [2.45, 2.75) is 18.5 Å². The minimum Gasteiger partial charge on any atom is -0.497 e. The lowest BCUT2D eigenvalue weighted by molar-refractivity contribution is 0.0416. The van der Waals surface area contributed by atoms with Crippen molar-refractivity contribution in [3.8, 4) is 5.75 Å². The van der Waals surface area contributed by atoms with E-state index >= 15 is 4.39 Å². The molecule has 0 unspecified atom stereocenters. The van der Waals surface area contributed by atoms with Gasteiger partial charge in [-0.1, -0.05) is 12.1 Å². The van der Waals surface area contributed by atoms with Crippen molar-refractivity contribution in [3.63, 3.8) is 0 Å². The van der Waals surface area contributed by atoms with Gasteiger partial charge in [0.05, 0.1) is 18.2 Å². The van der Waals surface area contributed by atoms with E-state index in [0.717, 1.165) is 12.1 Å². The largest absolute Gasteiger partial charge is 0.497 e. The van der Waals surface area contributed by atoms with Crippen molar-refractivity contribution in [1.29, 1.82) is 0 Å². The van der Waals surface area contributed by atoms with E-state index in [4.69, 9.17) is 9.84 Å². The van der Waals surface area contributed by atoms with Crippen molar-refractivity contribution in [2.75, 3.05) is 20.2 Å². The first kappa shape index (κ1) is 18.8. The Morgan fingerprint density at radius 2 is 1.85 bits per heavy atom. The molecule has 1 aliphatic rings. The summed E-state index contributed by atoms with van der Waals surface area (Å²) < 4.78 is 34.6. The van der Waals surface area contributed by atoms with E-state index < -0.39 is 23.4 Å². The second-order valence-corrected chi connectivity index (χ2v) is 6.49. The van der Waals surface area contributed by atoms with Crippen LogP contribution in [-0.2, 0) is 5.67 Å². The number of halogens is 2. The maximum Gasteiger partial charge on any atom is 0.335 e. The maximum atomic E-state index is 15.3. The molecule has 5 nitrogen and oxygen atoms in total. The molecule has 0 aliphatic carbocycles. The smallest absolute Gasteiger partial charge is 0.335 e. The Hall–Kier alpha value is -2.96. The summed E-state index contributed by atoms with van der Waals surface area (Å²) in [5.74, 6) is -2.18. The quantitative estimate of drug-likeness (QED) is 0.886. The Morgan fingerprint density at radius 1 is 1.15 bits per heavy atom. The fraction of sp³-hybridized carbons (Fsp3) is 0.300. The minimum atomic E-state index is -1.59. The van der Waals surface area contributed by atoms with Gasteiger partial charge in [-0.2, -0.15) is 0 Å². The number of carboxylic acid groups (broad SMARTS) is 1. The molecule has 1 amide bonds. The van der Waals surface area contributed by atoms with Gasteiger partial charge in [0.1, 0.15) is 17.2 Å². The second kappa shape index (κ2) is 7.34. The number of alkyl halides is 1. The van der Waals surface area contributed by atoms with Gasteiger partial charge in [-0.15, -0.1) is 0 Å². The van der Waals surface area contributed by atoms with Crippen molar-refractivity contribution >= 4 is 11.9 Å². The fourth-order valence-electron chi connectivity index (χ4n) is 3.25. The number of hydrogen-bond donors (Lipinski definition) is 1. The average Bonchev–Trinajstić information content (AvgIpc) is 2.68. The molecule has 0 bridgehead atoms. The molecule has 1 fully saturated rings. The van der Waals surface area contributed by atoms with Gasteiger partial charge >= 0.3 is 5.97 Å². The van der Waals surface area contributed by atoms with Gasteiger partial charge in [0.2, 0.25) is 0 Å². The number of carboxylic acids is 1. The minimum absolute atomic E-state index is 0.0841. The van der Waals surface area contributed by atoms with E-state index in [2.05, 4.69) is 0 Å². The zero-order valence-electron chi connectivity index (χ0n) is 14.7. The Labute approximate surface area is 155 Å². The summed E-state index contributed by atoms with van der Waals surface area (Å²) in [5.41, 5.74) is -1.54. The highest BCUT2D eigenvalue weighted by Gasteiger charge is 2.38. The number of ether oxygens (including phenoxy) is 1. The summed E-state index contributed by atoms with van der Waals surface area (Å²) >= 11 is 0. The first-order chi connectivity index (χ1) is 12.8. The van der Waals surface area contributed by atoms with Crippen LogP contribution in [0.2, 0.25) is 0 Å². The molecule has 1 heterocycles. The highest BCUT2D eigenvalue weighted by Crippen LogP contribution is 2.38. The molecular formula is C20H19F2NO4. The predicted octanol–water partition coefficient (Wildman–Crippen LogP) is 3.63. The molecule has 27 heavy (non-hydrogen) atoms. The summed E-state index contributed by atoms with van der Waals surface area (Å²) in [7, 11) is 1.51. The van der Waals surface area contributed by atoms with Crippen LogP contribution in [0.1, 0.15) is 39.1 Å². The molecule has 1 saturated heterocycles. The first-order valence-electron chi connectivity index (χ1n) is 8.49. The molecule has 0 saturated carbocycles. The van der Waals surface area contributed by atoms with Crippen LogP contribution in [0.25, 0.3) is 0 Å². The van der Waals surface area contributed by atoms with E-state index in [-0.39, 0.29) is 37.1 Å². The van der Waals surface area contributed by atoms with Gasteiger partial charge in [-0.25, -0.2) is 13.6 Å². The standard InChI is InChI=1S/C20H19F2NO4/c1-27-15-4-2-3-14(12-15)20(22)7-9-23(10-8-20)18(24)16-6-5-13(19(25)26)11-17(16)21/h2-6,11-12H,7-10H2,1H3,(H,25,26). The topological polar surface area (TPSA) is 66.8 Å². The number of rotatable bonds is 4. The molecule has 0 spiro atoms. The summed E-state index contributed by atoms with van der Waals surface area (Å²) in [5, 5.41) is 8.88. The average molecular weight is 375 g/mol. The van der Waals surface area contributed by atoms with Gasteiger partial charge in [0.25, 0.3) is 5.91 Å². The predicted molar refractivity (Wildman–Crippen MR) is 94.3 cm³/mol. The Bertz CT molecular complexity index is 876. The molecule has 0 aromatic heterocycles. The SMILES string of the molecule is COc1cccc(C2(F)CCN(C(=O)c3ccc(C(=O)O)cc3F)CC2)c1. The number of amides is 1. The van der Waals surface area contributed by atoms with Crippen LogP contribution >= 0.6 is 0 Å². The molecule has 1 aliphatic heterocycles. The number of hydrogen-bond acceptors (Lipinski definition) is 3. The third-order valence-electron chi connectivity index (χ3n) is 4.88. The van der Waals surface area contributed by atoms with Gasteiger partial charge in [-0.3, -0.25) is 4.79 Å². The Balaban J connectivity index is 1.73. The first-order valence-corrected chi connectivity index (χ1v) is 8.49.